The minimum Gasteiger partial charge on any atom is -0.358 e. The predicted octanol–water partition coefficient (Wildman–Crippen LogP) is 3.36. The van der Waals surface area contributed by atoms with E-state index in [0.717, 1.165) is 11.3 Å². The molecule has 1 aromatic carbocycles. The van der Waals surface area contributed by atoms with Gasteiger partial charge in [0.05, 0.1) is 6.04 Å². The Kier molecular flexibility index (Phi) is 4.66. The van der Waals surface area contributed by atoms with E-state index in [0.29, 0.717) is 0 Å². The van der Waals surface area contributed by atoms with Crippen molar-refractivity contribution in [2.45, 2.75) is 13.0 Å². The van der Waals surface area contributed by atoms with Gasteiger partial charge in [-0.3, -0.25) is 4.79 Å². The van der Waals surface area contributed by atoms with Crippen molar-refractivity contribution in [3.63, 3.8) is 0 Å². The number of rotatable bonds is 5. The van der Waals surface area contributed by atoms with Crippen LogP contribution in [0.15, 0.2) is 53.3 Å². The van der Waals surface area contributed by atoms with Gasteiger partial charge in [0, 0.05) is 18.1 Å². The van der Waals surface area contributed by atoms with Crippen molar-refractivity contribution in [1.29, 1.82) is 0 Å². The average Bonchev–Trinajstić information content (AvgIpc) is 3.24. The number of nitrogens with zero attached hydrogens (tertiary/aromatic N) is 3. The Bertz CT molecular complexity index is 920. The summed E-state index contributed by atoms with van der Waals surface area (Å²) in [6.07, 6.45) is 3.87. The minimum atomic E-state index is -0.641. The second-order valence-electron chi connectivity index (χ2n) is 5.37. The number of aromatic nitrogens is 3. The topological polar surface area (TPSA) is 106 Å². The largest absolute Gasteiger partial charge is 0.358 e. The molecule has 2 heterocycles. The number of carbonyl (C=O) groups excluding carboxylic acids is 1. The molecule has 0 spiro atoms. The molecule has 3 rings (SSSR count). The lowest BCUT2D eigenvalue weighted by Crippen LogP contribution is -2.27. The molecule has 3 aromatic rings. The fraction of sp³-hybridized carbons (Fsp3) is 0.125. The molecule has 0 radical (unpaired) electrons. The number of H-pyrrole nitrogens is 1. The zero-order valence-corrected chi connectivity index (χ0v) is 14.7. The van der Waals surface area contributed by atoms with Crippen molar-refractivity contribution in [2.75, 3.05) is 0 Å². The Balaban J connectivity index is 1.78. The zero-order valence-electron chi connectivity index (χ0n) is 13.1. The molecule has 1 atom stereocenters. The van der Waals surface area contributed by atoms with Crippen molar-refractivity contribution in [3.05, 3.63) is 74.6 Å². The molecule has 1 unspecified atom stereocenters. The molecule has 0 aliphatic rings. The maximum Gasteiger partial charge on any atom is 0.357 e. The molecule has 0 aliphatic heterocycles. The summed E-state index contributed by atoms with van der Waals surface area (Å²) in [5.41, 5.74) is 1.82. The van der Waals surface area contributed by atoms with Crippen molar-refractivity contribution in [1.82, 2.24) is 20.1 Å². The number of halogens is 1. The quantitative estimate of drug-likeness (QED) is 0.502. The highest BCUT2D eigenvalue weighted by Gasteiger charge is 2.25. The van der Waals surface area contributed by atoms with E-state index >= 15 is 0 Å². The van der Waals surface area contributed by atoms with Crippen LogP contribution in [0.1, 0.15) is 29.0 Å². The summed E-state index contributed by atoms with van der Waals surface area (Å²) in [5.74, 6) is -0.859. The van der Waals surface area contributed by atoms with E-state index in [1.165, 1.54) is 0 Å². The number of aromatic amines is 1. The number of amides is 1. The molecule has 0 aliphatic carbocycles. The van der Waals surface area contributed by atoms with Gasteiger partial charge in [-0.1, -0.05) is 17.2 Å². The van der Waals surface area contributed by atoms with Crippen LogP contribution in [0.5, 0.6) is 0 Å². The molecular weight excluding hydrogens is 390 g/mol. The Morgan fingerprint density at radius 1 is 1.36 bits per heavy atom. The van der Waals surface area contributed by atoms with Crippen LogP contribution < -0.4 is 5.32 Å². The van der Waals surface area contributed by atoms with Crippen LogP contribution >= 0.6 is 15.9 Å². The summed E-state index contributed by atoms with van der Waals surface area (Å²) in [6, 6.07) is 11.3. The highest BCUT2D eigenvalue weighted by molar-refractivity contribution is 9.10. The lowest BCUT2D eigenvalue weighted by Gasteiger charge is -2.15. The van der Waals surface area contributed by atoms with Crippen molar-refractivity contribution < 1.29 is 9.72 Å². The lowest BCUT2D eigenvalue weighted by molar-refractivity contribution is -0.390. The number of hydrogen-bond acceptors (Lipinski definition) is 4. The third-order valence-electron chi connectivity index (χ3n) is 3.71. The van der Waals surface area contributed by atoms with Crippen LogP contribution in [0.4, 0.5) is 5.82 Å². The zero-order chi connectivity index (χ0) is 18.0. The second kappa shape index (κ2) is 6.89. The van der Waals surface area contributed by atoms with Crippen molar-refractivity contribution >= 4 is 27.7 Å². The van der Waals surface area contributed by atoms with Crippen molar-refractivity contribution in [2.24, 2.45) is 0 Å². The van der Waals surface area contributed by atoms with E-state index in [9.17, 15) is 14.9 Å². The summed E-state index contributed by atoms with van der Waals surface area (Å²) < 4.78 is 1.99. The van der Waals surface area contributed by atoms with Crippen LogP contribution in [-0.4, -0.2) is 25.6 Å². The third kappa shape index (κ3) is 3.45. The molecule has 0 bridgehead atoms. The first kappa shape index (κ1) is 16.9. The molecule has 9 heteroatoms. The fourth-order valence-electron chi connectivity index (χ4n) is 2.40. The normalized spacial score (nSPS) is 11.9. The average molecular weight is 404 g/mol. The van der Waals surface area contributed by atoms with E-state index in [2.05, 4.69) is 31.4 Å². The number of nitrogens with one attached hydrogen (secondary N) is 2. The fourth-order valence-corrected chi connectivity index (χ4v) is 2.90. The maximum atomic E-state index is 12.3. The summed E-state index contributed by atoms with van der Waals surface area (Å²) >= 11 is 3.04. The molecule has 2 N–H and O–H groups in total. The van der Waals surface area contributed by atoms with Crippen molar-refractivity contribution in [3.8, 4) is 5.69 Å². The summed E-state index contributed by atoms with van der Waals surface area (Å²) in [5, 5.41) is 19.6. The Hall–Kier alpha value is -2.94. The predicted molar refractivity (Wildman–Crippen MR) is 94.6 cm³/mol. The van der Waals surface area contributed by atoms with Gasteiger partial charge in [0.1, 0.15) is 4.47 Å². The van der Waals surface area contributed by atoms with Gasteiger partial charge in [0.2, 0.25) is 0 Å². The van der Waals surface area contributed by atoms with Gasteiger partial charge in [-0.15, -0.1) is 5.10 Å². The van der Waals surface area contributed by atoms with E-state index in [1.54, 1.807) is 0 Å². The molecule has 25 heavy (non-hydrogen) atoms. The molecule has 0 saturated carbocycles. The van der Waals surface area contributed by atoms with Crippen LogP contribution in [0, 0.1) is 10.1 Å². The van der Waals surface area contributed by atoms with Gasteiger partial charge in [0.25, 0.3) is 5.91 Å². The van der Waals surface area contributed by atoms with Crippen LogP contribution in [0.2, 0.25) is 0 Å². The number of nitro groups is 1. The number of carbonyl (C=O) groups is 1. The van der Waals surface area contributed by atoms with Crippen LogP contribution in [0.3, 0.4) is 0 Å². The molecule has 128 valence electrons. The van der Waals surface area contributed by atoms with Gasteiger partial charge in [-0.2, -0.15) is 0 Å². The third-order valence-corrected chi connectivity index (χ3v) is 4.46. The molecule has 1 amide bonds. The van der Waals surface area contributed by atoms with E-state index in [1.807, 2.05) is 60.3 Å². The number of benzene rings is 1. The summed E-state index contributed by atoms with van der Waals surface area (Å²) in [4.78, 5) is 22.5. The van der Waals surface area contributed by atoms with E-state index in [-0.39, 0.29) is 22.0 Å². The minimum absolute atomic E-state index is 0.0308. The Labute approximate surface area is 151 Å². The standard InChI is InChI=1S/C16H14BrN5O3/c1-10(11-5-4-6-12(9-11)21-7-2-3-8-21)18-16(23)14-13(17)15(20-19-14)22(24)25/h2-10H,1H3,(H,18,23)(H,19,20). The van der Waals surface area contributed by atoms with Crippen LogP contribution in [-0.2, 0) is 0 Å². The maximum absolute atomic E-state index is 12.3. The molecular formula is C16H14BrN5O3. The molecule has 2 aromatic heterocycles. The lowest BCUT2D eigenvalue weighted by atomic mass is 10.1. The van der Waals surface area contributed by atoms with Gasteiger partial charge in [0.15, 0.2) is 5.69 Å². The SMILES string of the molecule is CC(NC(=O)c1n[nH]c([N+](=O)[O-])c1Br)c1cccc(-n2cccc2)c1. The van der Waals surface area contributed by atoms with E-state index < -0.39 is 10.8 Å². The van der Waals surface area contributed by atoms with Gasteiger partial charge in [-0.05, 0) is 57.6 Å². The van der Waals surface area contributed by atoms with Gasteiger partial charge in [-0.25, -0.2) is 0 Å². The first-order valence-electron chi connectivity index (χ1n) is 7.40. The second-order valence-corrected chi connectivity index (χ2v) is 6.17. The Morgan fingerprint density at radius 2 is 2.08 bits per heavy atom. The summed E-state index contributed by atoms with van der Waals surface area (Å²) in [6.45, 7) is 1.83. The van der Waals surface area contributed by atoms with Gasteiger partial charge < -0.3 is 20.0 Å². The monoisotopic (exact) mass is 403 g/mol. The van der Waals surface area contributed by atoms with Crippen LogP contribution in [0.25, 0.3) is 5.69 Å². The van der Waals surface area contributed by atoms with E-state index in [4.69, 9.17) is 0 Å². The molecule has 0 fully saturated rings. The smallest absolute Gasteiger partial charge is 0.357 e. The molecule has 0 saturated heterocycles. The first-order valence-corrected chi connectivity index (χ1v) is 8.19. The van der Waals surface area contributed by atoms with Gasteiger partial charge >= 0.3 is 5.82 Å². The highest BCUT2D eigenvalue weighted by Crippen LogP contribution is 2.26. The number of hydrogen-bond donors (Lipinski definition) is 2. The highest BCUT2D eigenvalue weighted by atomic mass is 79.9. The summed E-state index contributed by atoms with van der Waals surface area (Å²) in [7, 11) is 0. The molecule has 8 nitrogen and oxygen atoms in total. The Morgan fingerprint density at radius 3 is 2.72 bits per heavy atom. The first-order chi connectivity index (χ1) is 12.0.